The normalized spacial score (nSPS) is 19.2. The SMILES string of the molecule is CC1(C)CC=C(c2ccc(Cl)cc2)C(CN2CCN(c3ccc(C(=O)NS(=O)(=O)c4ccc(N[C@H](CCN5CCCC5)CSc5ccccc5)c(S(=O)(=O)C(F)(F)Cl)c4)cc3)CC2)C1. The predicted molar refractivity (Wildman–Crippen MR) is 255 cm³/mol. The zero-order valence-corrected chi connectivity index (χ0v) is 39.9. The van der Waals surface area contributed by atoms with Gasteiger partial charge in [0, 0.05) is 72.2 Å². The second kappa shape index (κ2) is 20.4. The van der Waals surface area contributed by atoms with Crippen LogP contribution < -0.4 is 14.9 Å². The highest BCUT2D eigenvalue weighted by Gasteiger charge is 2.46. The van der Waals surface area contributed by atoms with Gasteiger partial charge in [0.15, 0.2) is 0 Å². The number of amides is 1. The highest BCUT2D eigenvalue weighted by atomic mass is 35.5. The Hall–Kier alpha value is -3.70. The van der Waals surface area contributed by atoms with E-state index in [0.717, 1.165) is 99.2 Å². The van der Waals surface area contributed by atoms with Crippen LogP contribution in [-0.4, -0.2) is 101 Å². The summed E-state index contributed by atoms with van der Waals surface area (Å²) in [5.74, 6) is -0.123. The highest BCUT2D eigenvalue weighted by molar-refractivity contribution is 7.99. The molecular formula is C47H55Cl2F2N5O5S3. The third-order valence-electron chi connectivity index (χ3n) is 12.3. The standard InChI is InChI=1S/C47H55Cl2F2N5O5S3/c1-46(2)22-20-42(34-10-14-37(48)15-11-34)36(31-46)32-55-26-28-56(29-27-55)39-16-12-35(13-17-39)45(57)53-64(60,61)41-18-19-43(44(30-41)63(58,59)47(49,50)51)52-38(21-25-54-23-6-7-24-54)33-62-40-8-4-3-5-9-40/h3-5,8-20,30,36,38,52H,6-7,21-29,31-33H2,1-2H3,(H,53,57)/t36?,38-/m1/s1. The van der Waals surface area contributed by atoms with Crippen LogP contribution in [0.2, 0.25) is 5.02 Å². The number of hydrogen-bond donors (Lipinski definition) is 2. The number of likely N-dealkylation sites (tertiary alicyclic amines) is 1. The fraction of sp³-hybridized carbons (Fsp3) is 0.426. The number of sulfonamides is 1. The number of halogens is 4. The lowest BCUT2D eigenvalue weighted by Gasteiger charge is -2.41. The molecule has 17 heteroatoms. The van der Waals surface area contributed by atoms with Gasteiger partial charge in [-0.1, -0.05) is 61.9 Å². The summed E-state index contributed by atoms with van der Waals surface area (Å²) in [6.45, 7) is 11.3. The van der Waals surface area contributed by atoms with Crippen LogP contribution >= 0.6 is 35.0 Å². The Bertz CT molecular complexity index is 2500. The molecule has 7 rings (SSSR count). The van der Waals surface area contributed by atoms with Crippen molar-refractivity contribution in [2.75, 3.05) is 68.3 Å². The van der Waals surface area contributed by atoms with Crippen molar-refractivity contribution in [1.29, 1.82) is 0 Å². The lowest BCUT2D eigenvalue weighted by Crippen LogP contribution is -2.48. The maximum absolute atomic E-state index is 14.6. The zero-order valence-electron chi connectivity index (χ0n) is 36.0. The molecule has 0 saturated carbocycles. The van der Waals surface area contributed by atoms with Crippen LogP contribution in [0.4, 0.5) is 20.2 Å². The summed E-state index contributed by atoms with van der Waals surface area (Å²) in [5.41, 5.74) is 3.48. The molecule has 0 radical (unpaired) electrons. The van der Waals surface area contributed by atoms with E-state index in [1.165, 1.54) is 35.0 Å². The number of rotatable bonds is 17. The minimum absolute atomic E-state index is 0.0440. The van der Waals surface area contributed by atoms with Crippen LogP contribution in [-0.2, 0) is 19.9 Å². The first-order valence-electron chi connectivity index (χ1n) is 21.6. The molecule has 2 N–H and O–H groups in total. The van der Waals surface area contributed by atoms with E-state index in [9.17, 15) is 30.4 Å². The molecule has 4 aromatic carbocycles. The molecular weight excluding hydrogens is 920 g/mol. The quantitative estimate of drug-likeness (QED) is 0.0783. The maximum Gasteiger partial charge on any atom is 0.427 e. The molecule has 2 aliphatic heterocycles. The van der Waals surface area contributed by atoms with Gasteiger partial charge in [-0.3, -0.25) is 9.69 Å². The number of hydrogen-bond acceptors (Lipinski definition) is 10. The van der Waals surface area contributed by atoms with E-state index in [-0.39, 0.29) is 16.7 Å². The number of alkyl halides is 3. The van der Waals surface area contributed by atoms with Crippen molar-refractivity contribution >= 4 is 77.7 Å². The van der Waals surface area contributed by atoms with Crippen molar-refractivity contribution in [3.8, 4) is 0 Å². The molecule has 4 aromatic rings. The summed E-state index contributed by atoms with van der Waals surface area (Å²) >= 11 is 12.9. The molecule has 1 unspecified atom stereocenters. The summed E-state index contributed by atoms with van der Waals surface area (Å²) < 4.78 is 80.2. The Morgan fingerprint density at radius 1 is 0.875 bits per heavy atom. The third kappa shape index (κ3) is 12.2. The first-order chi connectivity index (χ1) is 30.4. The van der Waals surface area contributed by atoms with Gasteiger partial charge in [-0.25, -0.2) is 21.6 Å². The summed E-state index contributed by atoms with van der Waals surface area (Å²) in [7, 11) is -10.3. The zero-order chi connectivity index (χ0) is 45.7. The van der Waals surface area contributed by atoms with Crippen molar-refractivity contribution in [2.45, 2.75) is 71.4 Å². The van der Waals surface area contributed by atoms with E-state index in [4.69, 9.17) is 23.2 Å². The highest BCUT2D eigenvalue weighted by Crippen LogP contribution is 2.43. The molecule has 3 aliphatic rings. The number of thioether (sulfide) groups is 1. The summed E-state index contributed by atoms with van der Waals surface area (Å²) in [5, 5.41) is 3.84. The molecule has 10 nitrogen and oxygen atoms in total. The number of benzene rings is 4. The van der Waals surface area contributed by atoms with Crippen LogP contribution in [0, 0.1) is 11.3 Å². The van der Waals surface area contributed by atoms with Gasteiger partial charge in [0.1, 0.15) is 0 Å². The number of piperazine rings is 1. The molecule has 344 valence electrons. The van der Waals surface area contributed by atoms with Gasteiger partial charge in [0.2, 0.25) is 0 Å². The number of anilines is 2. The number of nitrogens with one attached hydrogen (secondary N) is 2. The Kier molecular flexibility index (Phi) is 15.4. The van der Waals surface area contributed by atoms with E-state index >= 15 is 0 Å². The first kappa shape index (κ1) is 48.2. The van der Waals surface area contributed by atoms with Crippen molar-refractivity contribution in [1.82, 2.24) is 14.5 Å². The van der Waals surface area contributed by atoms with Crippen molar-refractivity contribution in [3.05, 3.63) is 119 Å². The number of nitrogens with zero attached hydrogens (tertiary/aromatic N) is 3. The molecule has 1 amide bonds. The van der Waals surface area contributed by atoms with E-state index in [1.54, 1.807) is 12.1 Å². The van der Waals surface area contributed by atoms with Crippen LogP contribution in [0.3, 0.4) is 0 Å². The van der Waals surface area contributed by atoms with Crippen LogP contribution in [0.25, 0.3) is 5.57 Å². The summed E-state index contributed by atoms with van der Waals surface area (Å²) in [4.78, 5) is 19.6. The van der Waals surface area contributed by atoms with Crippen LogP contribution in [0.5, 0.6) is 0 Å². The number of carbonyl (C=O) groups excluding carboxylic acids is 1. The van der Waals surface area contributed by atoms with Crippen molar-refractivity contribution < 1.29 is 30.4 Å². The lowest BCUT2D eigenvalue weighted by atomic mass is 9.71. The topological polar surface area (TPSA) is 119 Å². The molecule has 0 bridgehead atoms. The van der Waals surface area contributed by atoms with Crippen LogP contribution in [0.15, 0.2) is 118 Å². The monoisotopic (exact) mass is 973 g/mol. The maximum atomic E-state index is 14.6. The smallest absolute Gasteiger partial charge is 0.380 e. The predicted octanol–water partition coefficient (Wildman–Crippen LogP) is 9.72. The number of sulfone groups is 1. The number of carbonyl (C=O) groups is 1. The fourth-order valence-electron chi connectivity index (χ4n) is 8.75. The van der Waals surface area contributed by atoms with Crippen LogP contribution in [0.1, 0.15) is 61.9 Å². The molecule has 2 saturated heterocycles. The molecule has 0 spiro atoms. The largest absolute Gasteiger partial charge is 0.427 e. The fourth-order valence-corrected chi connectivity index (χ4v) is 12.1. The molecule has 64 heavy (non-hydrogen) atoms. The average molecular weight is 975 g/mol. The minimum Gasteiger partial charge on any atom is -0.380 e. The van der Waals surface area contributed by atoms with Crippen molar-refractivity contribution in [3.63, 3.8) is 0 Å². The van der Waals surface area contributed by atoms with Gasteiger partial charge < -0.3 is 15.1 Å². The molecule has 2 atom stereocenters. The van der Waals surface area contributed by atoms with Gasteiger partial charge in [-0.2, -0.15) is 8.78 Å². The Balaban J connectivity index is 1.01. The van der Waals surface area contributed by atoms with Crippen molar-refractivity contribution in [2.24, 2.45) is 11.3 Å². The van der Waals surface area contributed by atoms with E-state index < -0.39 is 46.3 Å². The first-order valence-corrected chi connectivity index (χ1v) is 26.3. The van der Waals surface area contributed by atoms with Gasteiger partial charge >= 0.3 is 4.71 Å². The molecule has 2 fully saturated rings. The summed E-state index contributed by atoms with van der Waals surface area (Å²) in [6, 6.07) is 26.6. The minimum atomic E-state index is -5.60. The average Bonchev–Trinajstić information content (AvgIpc) is 3.79. The number of allylic oxidation sites excluding steroid dienone is 1. The van der Waals surface area contributed by atoms with E-state index in [2.05, 4.69) is 52.1 Å². The van der Waals surface area contributed by atoms with E-state index in [1.807, 2.05) is 47.2 Å². The second-order valence-electron chi connectivity index (χ2n) is 17.6. The molecule has 0 aromatic heterocycles. The van der Waals surface area contributed by atoms with Gasteiger partial charge in [-0.05, 0) is 146 Å². The van der Waals surface area contributed by atoms with E-state index in [0.29, 0.717) is 30.7 Å². The van der Waals surface area contributed by atoms with Gasteiger partial charge in [0.25, 0.3) is 25.8 Å². The molecule has 2 heterocycles. The van der Waals surface area contributed by atoms with Gasteiger partial charge in [0.05, 0.1) is 15.5 Å². The molecule has 1 aliphatic carbocycles. The lowest BCUT2D eigenvalue weighted by molar-refractivity contribution is 0.0981. The third-order valence-corrected chi connectivity index (χ3v) is 17.2. The Morgan fingerprint density at radius 2 is 1.55 bits per heavy atom. The van der Waals surface area contributed by atoms with Gasteiger partial charge in [-0.15, -0.1) is 11.8 Å². The Morgan fingerprint density at radius 3 is 2.20 bits per heavy atom. The Labute approximate surface area is 390 Å². The summed E-state index contributed by atoms with van der Waals surface area (Å²) in [6.07, 6.45) is 7.20. The second-order valence-corrected chi connectivity index (χ2v) is 23.5.